The van der Waals surface area contributed by atoms with E-state index in [9.17, 15) is 15.0 Å². The molecule has 0 saturated carbocycles. The van der Waals surface area contributed by atoms with Gasteiger partial charge in [-0.15, -0.1) is 0 Å². The summed E-state index contributed by atoms with van der Waals surface area (Å²) in [5.74, 6) is -0.0869. The Balaban J connectivity index is 3.55. The monoisotopic (exact) mass is 668 g/mol. The summed E-state index contributed by atoms with van der Waals surface area (Å²) in [5.41, 5.74) is 0. The number of rotatable bonds is 35. The number of amides is 1. The summed E-state index contributed by atoms with van der Waals surface area (Å²) < 4.78 is 0. The summed E-state index contributed by atoms with van der Waals surface area (Å²) in [4.78, 5) is 12.3. The maximum absolute atomic E-state index is 12.3. The molecule has 2 unspecified atom stereocenters. The van der Waals surface area contributed by atoms with E-state index in [1.807, 2.05) is 13.0 Å². The number of carbonyl (C=O) groups is 1. The quantitative estimate of drug-likeness (QED) is 0.0465. The van der Waals surface area contributed by atoms with E-state index in [0.29, 0.717) is 6.42 Å². The van der Waals surface area contributed by atoms with Crippen molar-refractivity contribution in [3.05, 3.63) is 72.9 Å². The third kappa shape index (κ3) is 35.1. The first-order chi connectivity index (χ1) is 23.7. The summed E-state index contributed by atoms with van der Waals surface area (Å²) >= 11 is 0. The molecule has 0 aromatic rings. The van der Waals surface area contributed by atoms with Crippen LogP contribution in [0.3, 0.4) is 0 Å². The minimum Gasteiger partial charge on any atom is -0.394 e. The van der Waals surface area contributed by atoms with Crippen LogP contribution in [-0.4, -0.2) is 34.9 Å². The van der Waals surface area contributed by atoms with Crippen molar-refractivity contribution in [2.75, 3.05) is 6.61 Å². The van der Waals surface area contributed by atoms with Crippen molar-refractivity contribution < 1.29 is 15.0 Å². The molecule has 0 fully saturated rings. The maximum Gasteiger partial charge on any atom is 0.220 e. The highest BCUT2D eigenvalue weighted by Crippen LogP contribution is 2.13. The third-order valence-corrected chi connectivity index (χ3v) is 8.73. The number of carbonyl (C=O) groups excluding carboxylic acids is 1. The Morgan fingerprint density at radius 1 is 0.542 bits per heavy atom. The second-order valence-electron chi connectivity index (χ2n) is 13.3. The Hall–Kier alpha value is -2.17. The van der Waals surface area contributed by atoms with E-state index in [1.165, 1.54) is 109 Å². The molecule has 4 nitrogen and oxygen atoms in total. The zero-order chi connectivity index (χ0) is 35.0. The van der Waals surface area contributed by atoms with Gasteiger partial charge in [0.2, 0.25) is 5.91 Å². The minimum atomic E-state index is -0.871. The number of aliphatic hydroxyl groups excluding tert-OH is 2. The van der Waals surface area contributed by atoms with Crippen molar-refractivity contribution in [2.45, 2.75) is 193 Å². The second kappa shape index (κ2) is 39.3. The van der Waals surface area contributed by atoms with E-state index in [2.05, 4.69) is 73.0 Å². The molecule has 0 aliphatic heterocycles. The van der Waals surface area contributed by atoms with Gasteiger partial charge in [-0.3, -0.25) is 4.79 Å². The van der Waals surface area contributed by atoms with Gasteiger partial charge in [0, 0.05) is 6.42 Å². The lowest BCUT2D eigenvalue weighted by atomic mass is 10.0. The molecule has 0 aromatic heterocycles. The Morgan fingerprint density at radius 3 is 1.46 bits per heavy atom. The molecule has 2 atom stereocenters. The number of unbranched alkanes of at least 4 members (excludes halogenated alkanes) is 19. The number of allylic oxidation sites excluding steroid dienone is 11. The minimum absolute atomic E-state index is 0.0869. The van der Waals surface area contributed by atoms with Crippen LogP contribution in [0.2, 0.25) is 0 Å². The molecular formula is C44H77NO3. The van der Waals surface area contributed by atoms with Crippen LogP contribution >= 0.6 is 0 Å². The average molecular weight is 668 g/mol. The van der Waals surface area contributed by atoms with Gasteiger partial charge >= 0.3 is 0 Å². The molecule has 48 heavy (non-hydrogen) atoms. The standard InChI is InChI=1S/C44H77NO3/c1-3-5-7-9-11-13-14-15-16-17-18-19-20-21-22-23-24-25-26-27-28-29-30-32-34-36-38-40-44(48)45-42(41-46)43(47)39-37-35-33-31-12-10-8-6-4-2/h4,6,12,14-15,17-18,20-21,31,37,39,42-43,46-47H,3,5,7-11,13,16,19,22-30,32-36,38,40-41H2,1-2H3,(H,45,48)/b6-4+,15-14-,18-17-,21-20-,31-12+,39-37+. The van der Waals surface area contributed by atoms with Crippen LogP contribution in [-0.2, 0) is 4.79 Å². The van der Waals surface area contributed by atoms with Crippen LogP contribution in [0.25, 0.3) is 0 Å². The molecule has 0 aliphatic rings. The lowest BCUT2D eigenvalue weighted by molar-refractivity contribution is -0.123. The molecule has 4 heteroatoms. The van der Waals surface area contributed by atoms with Gasteiger partial charge in [-0.1, -0.05) is 170 Å². The van der Waals surface area contributed by atoms with Crippen molar-refractivity contribution >= 4 is 5.91 Å². The molecule has 0 heterocycles. The average Bonchev–Trinajstić information content (AvgIpc) is 3.09. The Morgan fingerprint density at radius 2 is 0.958 bits per heavy atom. The second-order valence-corrected chi connectivity index (χ2v) is 13.3. The molecule has 0 radical (unpaired) electrons. The number of nitrogens with one attached hydrogen (secondary N) is 1. The fraction of sp³-hybridized carbons (Fsp3) is 0.705. The van der Waals surface area contributed by atoms with Gasteiger partial charge in [-0.2, -0.15) is 0 Å². The van der Waals surface area contributed by atoms with Crippen LogP contribution in [0.1, 0.15) is 181 Å². The lowest BCUT2D eigenvalue weighted by Gasteiger charge is -2.19. The van der Waals surface area contributed by atoms with Gasteiger partial charge in [-0.25, -0.2) is 0 Å². The third-order valence-electron chi connectivity index (χ3n) is 8.73. The van der Waals surface area contributed by atoms with E-state index < -0.39 is 12.1 Å². The molecule has 0 aromatic carbocycles. The van der Waals surface area contributed by atoms with Crippen molar-refractivity contribution in [1.29, 1.82) is 0 Å². The number of aliphatic hydroxyl groups is 2. The Bertz CT molecular complexity index is 853. The van der Waals surface area contributed by atoms with E-state index in [-0.39, 0.29) is 12.5 Å². The molecule has 1 amide bonds. The molecule has 0 saturated heterocycles. The van der Waals surface area contributed by atoms with Crippen molar-refractivity contribution in [1.82, 2.24) is 5.32 Å². The van der Waals surface area contributed by atoms with Gasteiger partial charge in [0.25, 0.3) is 0 Å². The molecule has 0 spiro atoms. The van der Waals surface area contributed by atoms with Crippen molar-refractivity contribution in [3.63, 3.8) is 0 Å². The molecular weight excluding hydrogens is 590 g/mol. The topological polar surface area (TPSA) is 69.6 Å². The molecule has 276 valence electrons. The predicted octanol–water partition coefficient (Wildman–Crippen LogP) is 12.3. The first kappa shape index (κ1) is 45.8. The summed E-state index contributed by atoms with van der Waals surface area (Å²) in [7, 11) is 0. The van der Waals surface area contributed by atoms with E-state index in [1.54, 1.807) is 6.08 Å². The molecule has 0 aliphatic carbocycles. The Kier molecular flexibility index (Phi) is 37.5. The van der Waals surface area contributed by atoms with Gasteiger partial charge in [-0.05, 0) is 77.6 Å². The van der Waals surface area contributed by atoms with Crippen LogP contribution in [0.4, 0.5) is 0 Å². The summed E-state index contributed by atoms with van der Waals surface area (Å²) in [5, 5.41) is 22.8. The van der Waals surface area contributed by atoms with Gasteiger partial charge in [0.1, 0.15) is 0 Å². The summed E-state index contributed by atoms with van der Waals surface area (Å²) in [6.07, 6.45) is 56.0. The van der Waals surface area contributed by atoms with Crippen molar-refractivity contribution in [3.8, 4) is 0 Å². The van der Waals surface area contributed by atoms with E-state index in [4.69, 9.17) is 0 Å². The highest BCUT2D eigenvalue weighted by atomic mass is 16.3. The highest BCUT2D eigenvalue weighted by Gasteiger charge is 2.17. The lowest BCUT2D eigenvalue weighted by Crippen LogP contribution is -2.45. The van der Waals surface area contributed by atoms with Gasteiger partial charge in [0.15, 0.2) is 0 Å². The normalized spacial score (nSPS) is 13.8. The fourth-order valence-electron chi connectivity index (χ4n) is 5.63. The van der Waals surface area contributed by atoms with E-state index >= 15 is 0 Å². The predicted molar refractivity (Wildman–Crippen MR) is 211 cm³/mol. The maximum atomic E-state index is 12.3. The van der Waals surface area contributed by atoms with Crippen LogP contribution in [0, 0.1) is 0 Å². The largest absolute Gasteiger partial charge is 0.394 e. The SMILES string of the molecule is C/C=C/CC/C=C/CC/C=C/C(O)C(CO)NC(=O)CCCCCCCCCCCCCC/C=C\C/C=C\C/C=C\CCCCCCC. The zero-order valence-corrected chi connectivity index (χ0v) is 31.5. The zero-order valence-electron chi connectivity index (χ0n) is 31.5. The van der Waals surface area contributed by atoms with Crippen LogP contribution in [0.5, 0.6) is 0 Å². The number of hydrogen-bond donors (Lipinski definition) is 3. The fourth-order valence-corrected chi connectivity index (χ4v) is 5.63. The molecule has 3 N–H and O–H groups in total. The molecule has 0 rings (SSSR count). The van der Waals surface area contributed by atoms with Crippen LogP contribution < -0.4 is 5.32 Å². The van der Waals surface area contributed by atoms with Gasteiger partial charge < -0.3 is 15.5 Å². The first-order valence-corrected chi connectivity index (χ1v) is 20.1. The number of hydrogen-bond acceptors (Lipinski definition) is 3. The summed E-state index contributed by atoms with van der Waals surface area (Å²) in [6, 6.07) is -0.647. The Labute approximate surface area is 298 Å². The summed E-state index contributed by atoms with van der Waals surface area (Å²) in [6.45, 7) is 4.03. The first-order valence-electron chi connectivity index (χ1n) is 20.1. The van der Waals surface area contributed by atoms with E-state index in [0.717, 1.165) is 51.4 Å². The highest BCUT2D eigenvalue weighted by molar-refractivity contribution is 5.76. The van der Waals surface area contributed by atoms with Crippen LogP contribution in [0.15, 0.2) is 72.9 Å². The molecule has 0 bridgehead atoms. The smallest absolute Gasteiger partial charge is 0.220 e. The van der Waals surface area contributed by atoms with Gasteiger partial charge in [0.05, 0.1) is 18.8 Å². The van der Waals surface area contributed by atoms with Crippen molar-refractivity contribution in [2.24, 2.45) is 0 Å².